The Morgan fingerprint density at radius 1 is 1.00 bits per heavy atom. The average molecular weight is 242 g/mol. The van der Waals surface area contributed by atoms with Crippen LogP contribution in [0.25, 0.3) is 0 Å². The minimum atomic E-state index is -1.40. The zero-order valence-electron chi connectivity index (χ0n) is 10.4. The molecule has 1 fully saturated rings. The number of nitrogens with zero attached hydrogens (tertiary/aromatic N) is 2. The van der Waals surface area contributed by atoms with Crippen molar-refractivity contribution >= 4 is 17.8 Å². The Labute approximate surface area is 100 Å². The number of aliphatic carboxylic acids is 1. The first-order valence-electron chi connectivity index (χ1n) is 5.55. The molecule has 1 saturated heterocycles. The third-order valence-electron chi connectivity index (χ3n) is 3.08. The molecule has 0 aromatic heterocycles. The topological polar surface area (TPSA) is 77.9 Å². The maximum absolute atomic E-state index is 12.0. The average Bonchev–Trinajstić information content (AvgIpc) is 2.27. The molecule has 1 rings (SSSR count). The summed E-state index contributed by atoms with van der Waals surface area (Å²) >= 11 is 0. The molecule has 1 aliphatic rings. The Morgan fingerprint density at radius 2 is 1.41 bits per heavy atom. The zero-order chi connectivity index (χ0) is 13.2. The molecule has 2 amide bonds. The van der Waals surface area contributed by atoms with Crippen LogP contribution in [0.4, 0.5) is 0 Å². The molecule has 17 heavy (non-hydrogen) atoms. The lowest BCUT2D eigenvalue weighted by molar-refractivity contribution is -0.159. The molecule has 0 aliphatic carbocycles. The van der Waals surface area contributed by atoms with Crippen LogP contribution in [0.2, 0.25) is 0 Å². The zero-order valence-corrected chi connectivity index (χ0v) is 10.4. The fourth-order valence-electron chi connectivity index (χ4n) is 1.71. The van der Waals surface area contributed by atoms with Gasteiger partial charge in [-0.3, -0.25) is 14.4 Å². The molecular weight excluding hydrogens is 224 g/mol. The first-order chi connectivity index (χ1) is 7.76. The van der Waals surface area contributed by atoms with E-state index in [9.17, 15) is 14.4 Å². The summed E-state index contributed by atoms with van der Waals surface area (Å²) < 4.78 is 0. The van der Waals surface area contributed by atoms with Gasteiger partial charge in [-0.25, -0.2) is 0 Å². The number of hydrogen-bond donors (Lipinski definition) is 1. The molecule has 0 aromatic rings. The third-order valence-corrected chi connectivity index (χ3v) is 3.08. The highest BCUT2D eigenvalue weighted by atomic mass is 16.4. The van der Waals surface area contributed by atoms with E-state index in [1.54, 1.807) is 4.90 Å². The lowest BCUT2D eigenvalue weighted by Gasteiger charge is -2.37. The van der Waals surface area contributed by atoms with Crippen LogP contribution < -0.4 is 0 Å². The van der Waals surface area contributed by atoms with Gasteiger partial charge in [0.25, 0.3) is 0 Å². The molecule has 0 aromatic carbocycles. The minimum Gasteiger partial charge on any atom is -0.480 e. The second-order valence-electron chi connectivity index (χ2n) is 4.73. The van der Waals surface area contributed by atoms with Gasteiger partial charge < -0.3 is 14.9 Å². The van der Waals surface area contributed by atoms with E-state index >= 15 is 0 Å². The van der Waals surface area contributed by atoms with Crippen LogP contribution in [0, 0.1) is 5.41 Å². The Hall–Kier alpha value is -1.59. The smallest absolute Gasteiger partial charge is 0.318 e. The van der Waals surface area contributed by atoms with Gasteiger partial charge in [0, 0.05) is 33.1 Å². The van der Waals surface area contributed by atoms with Crippen LogP contribution in [0.1, 0.15) is 20.8 Å². The number of carboxylic acid groups (broad SMARTS) is 1. The van der Waals surface area contributed by atoms with E-state index in [4.69, 9.17) is 5.11 Å². The highest BCUT2D eigenvalue weighted by Crippen LogP contribution is 2.20. The molecule has 1 heterocycles. The summed E-state index contributed by atoms with van der Waals surface area (Å²) in [6.45, 7) is 6.01. The summed E-state index contributed by atoms with van der Waals surface area (Å²) in [6, 6.07) is 0. The Bertz CT molecular complexity index is 343. The van der Waals surface area contributed by atoms with Crippen molar-refractivity contribution in [2.24, 2.45) is 5.41 Å². The Balaban J connectivity index is 2.63. The van der Waals surface area contributed by atoms with Gasteiger partial charge in [0.1, 0.15) is 5.41 Å². The van der Waals surface area contributed by atoms with Crippen molar-refractivity contribution in [3.63, 3.8) is 0 Å². The molecule has 96 valence electrons. The molecule has 0 atom stereocenters. The van der Waals surface area contributed by atoms with Gasteiger partial charge in [-0.1, -0.05) is 0 Å². The van der Waals surface area contributed by atoms with Gasteiger partial charge in [0.05, 0.1) is 0 Å². The third kappa shape index (κ3) is 2.75. The SMILES string of the molecule is CC(=O)N1CCN(C(=O)C(C)(C)C(=O)O)CC1. The number of carboxylic acids is 1. The highest BCUT2D eigenvalue weighted by molar-refractivity contribution is 6.01. The Kier molecular flexibility index (Phi) is 3.75. The fraction of sp³-hybridized carbons (Fsp3) is 0.727. The standard InChI is InChI=1S/C11H18N2O4/c1-8(14)12-4-6-13(7-5-12)9(15)11(2,3)10(16)17/h4-7H2,1-3H3,(H,16,17). The predicted molar refractivity (Wildman–Crippen MR) is 60.3 cm³/mol. The number of amides is 2. The number of rotatable bonds is 2. The maximum Gasteiger partial charge on any atom is 0.318 e. The summed E-state index contributed by atoms with van der Waals surface area (Å²) in [4.78, 5) is 37.2. The lowest BCUT2D eigenvalue weighted by Crippen LogP contribution is -2.54. The second-order valence-corrected chi connectivity index (χ2v) is 4.73. The van der Waals surface area contributed by atoms with Crippen LogP contribution in [0.5, 0.6) is 0 Å². The van der Waals surface area contributed by atoms with Gasteiger partial charge in [0.15, 0.2) is 0 Å². The summed E-state index contributed by atoms with van der Waals surface area (Å²) in [6.07, 6.45) is 0. The van der Waals surface area contributed by atoms with Crippen molar-refractivity contribution in [2.75, 3.05) is 26.2 Å². The van der Waals surface area contributed by atoms with E-state index in [1.807, 2.05) is 0 Å². The largest absolute Gasteiger partial charge is 0.480 e. The first-order valence-corrected chi connectivity index (χ1v) is 5.55. The van der Waals surface area contributed by atoms with Crippen molar-refractivity contribution in [3.8, 4) is 0 Å². The number of hydrogen-bond acceptors (Lipinski definition) is 3. The molecule has 6 heteroatoms. The molecular formula is C11H18N2O4. The van der Waals surface area contributed by atoms with E-state index in [2.05, 4.69) is 0 Å². The van der Waals surface area contributed by atoms with Crippen molar-refractivity contribution in [1.82, 2.24) is 9.80 Å². The molecule has 1 aliphatic heterocycles. The van der Waals surface area contributed by atoms with Gasteiger partial charge in [-0.05, 0) is 13.8 Å². The number of carbonyl (C=O) groups excluding carboxylic acids is 2. The normalized spacial score (nSPS) is 16.9. The van der Waals surface area contributed by atoms with Gasteiger partial charge in [0.2, 0.25) is 11.8 Å². The van der Waals surface area contributed by atoms with Crippen molar-refractivity contribution in [2.45, 2.75) is 20.8 Å². The van der Waals surface area contributed by atoms with E-state index in [0.29, 0.717) is 26.2 Å². The van der Waals surface area contributed by atoms with Crippen molar-refractivity contribution in [3.05, 3.63) is 0 Å². The van der Waals surface area contributed by atoms with E-state index in [0.717, 1.165) is 0 Å². The van der Waals surface area contributed by atoms with E-state index in [1.165, 1.54) is 25.7 Å². The summed E-state index contributed by atoms with van der Waals surface area (Å²) in [5, 5.41) is 8.97. The quantitative estimate of drug-likeness (QED) is 0.679. The van der Waals surface area contributed by atoms with Crippen molar-refractivity contribution in [1.29, 1.82) is 0 Å². The van der Waals surface area contributed by atoms with Crippen LogP contribution >= 0.6 is 0 Å². The van der Waals surface area contributed by atoms with Crippen molar-refractivity contribution < 1.29 is 19.5 Å². The predicted octanol–water partition coefficient (Wildman–Crippen LogP) is -0.212. The van der Waals surface area contributed by atoms with Gasteiger partial charge >= 0.3 is 5.97 Å². The molecule has 6 nitrogen and oxygen atoms in total. The highest BCUT2D eigenvalue weighted by Gasteiger charge is 2.40. The van der Waals surface area contributed by atoms with Gasteiger partial charge in [-0.2, -0.15) is 0 Å². The lowest BCUT2D eigenvalue weighted by atomic mass is 9.91. The van der Waals surface area contributed by atoms with Crippen LogP contribution in [-0.4, -0.2) is 58.9 Å². The fourth-order valence-corrected chi connectivity index (χ4v) is 1.71. The minimum absolute atomic E-state index is 0.0189. The monoisotopic (exact) mass is 242 g/mol. The summed E-state index contributed by atoms with van der Waals surface area (Å²) in [5.41, 5.74) is -1.40. The number of carbonyl (C=O) groups is 3. The molecule has 0 bridgehead atoms. The number of piperazine rings is 1. The van der Waals surface area contributed by atoms with Crippen LogP contribution in [0.15, 0.2) is 0 Å². The Morgan fingerprint density at radius 3 is 1.76 bits per heavy atom. The van der Waals surface area contributed by atoms with Crippen LogP contribution in [0.3, 0.4) is 0 Å². The second kappa shape index (κ2) is 4.73. The summed E-state index contributed by atoms with van der Waals surface area (Å²) in [7, 11) is 0. The maximum atomic E-state index is 12.0. The molecule has 0 saturated carbocycles. The molecule has 0 spiro atoms. The van der Waals surface area contributed by atoms with E-state index < -0.39 is 17.3 Å². The summed E-state index contributed by atoms with van der Waals surface area (Å²) in [5.74, 6) is -1.54. The van der Waals surface area contributed by atoms with Gasteiger partial charge in [-0.15, -0.1) is 0 Å². The molecule has 0 unspecified atom stereocenters. The molecule has 1 N–H and O–H groups in total. The molecule has 0 radical (unpaired) electrons. The van der Waals surface area contributed by atoms with Crippen LogP contribution in [-0.2, 0) is 14.4 Å². The first kappa shape index (κ1) is 13.5. The van der Waals surface area contributed by atoms with E-state index in [-0.39, 0.29) is 5.91 Å².